The first-order valence-corrected chi connectivity index (χ1v) is 8.52. The highest BCUT2D eigenvalue weighted by Crippen LogP contribution is 2.13. The zero-order valence-electron chi connectivity index (χ0n) is 14.7. The summed E-state index contributed by atoms with van der Waals surface area (Å²) >= 11 is 0. The number of hydrogen-bond acceptors (Lipinski definition) is 4. The number of carbonyl (C=O) groups excluding carboxylic acids is 2. The van der Waals surface area contributed by atoms with Crippen LogP contribution in [-0.4, -0.2) is 46.6 Å². The molecule has 1 saturated heterocycles. The molecule has 0 aromatic carbocycles. The van der Waals surface area contributed by atoms with E-state index in [1.54, 1.807) is 33.2 Å². The first kappa shape index (κ1) is 18.2. The minimum Gasteiger partial charge on any atom is -0.444 e. The van der Waals surface area contributed by atoms with Crippen LogP contribution < -0.4 is 5.32 Å². The Morgan fingerprint density at radius 2 is 2.00 bits per heavy atom. The van der Waals surface area contributed by atoms with Crippen LogP contribution >= 0.6 is 0 Å². The van der Waals surface area contributed by atoms with E-state index in [2.05, 4.69) is 10.3 Å². The minimum absolute atomic E-state index is 0.0515. The molecule has 1 aromatic rings. The molecule has 0 saturated carbocycles. The van der Waals surface area contributed by atoms with Gasteiger partial charge in [0, 0.05) is 31.9 Å². The average Bonchev–Trinajstić information content (AvgIpc) is 2.53. The van der Waals surface area contributed by atoms with Crippen molar-refractivity contribution in [1.29, 1.82) is 0 Å². The fourth-order valence-electron chi connectivity index (χ4n) is 2.74. The molecular weight excluding hydrogens is 306 g/mol. The number of hydrogen-bond donors (Lipinski definition) is 1. The summed E-state index contributed by atoms with van der Waals surface area (Å²) in [5, 5.41) is 2.74. The predicted molar refractivity (Wildman–Crippen MR) is 91.5 cm³/mol. The molecule has 0 radical (unpaired) electrons. The third kappa shape index (κ3) is 5.83. The summed E-state index contributed by atoms with van der Waals surface area (Å²) in [6, 6.07) is 3.09. The second kappa shape index (κ2) is 8.13. The fraction of sp³-hybridized carbons (Fsp3) is 0.611. The van der Waals surface area contributed by atoms with Crippen LogP contribution in [0.15, 0.2) is 24.5 Å². The van der Waals surface area contributed by atoms with Crippen molar-refractivity contribution < 1.29 is 14.3 Å². The molecule has 0 bridgehead atoms. The number of nitrogens with one attached hydrogen (secondary N) is 1. The Hall–Kier alpha value is -2.11. The Bertz CT molecular complexity index is 548. The van der Waals surface area contributed by atoms with Crippen LogP contribution in [0.4, 0.5) is 4.79 Å². The first-order valence-electron chi connectivity index (χ1n) is 8.52. The Balaban J connectivity index is 2.08. The molecule has 1 atom stereocenters. The molecule has 0 unspecified atom stereocenters. The lowest BCUT2D eigenvalue weighted by Crippen LogP contribution is -2.51. The predicted octanol–water partition coefficient (Wildman–Crippen LogP) is 2.53. The molecule has 24 heavy (non-hydrogen) atoms. The second-order valence-corrected chi connectivity index (χ2v) is 7.15. The number of piperidine rings is 1. The number of alkyl carbamates (subject to hydrolysis) is 1. The summed E-state index contributed by atoms with van der Waals surface area (Å²) in [6.07, 6.45) is 6.41. The lowest BCUT2D eigenvalue weighted by molar-refractivity contribution is -0.134. The van der Waals surface area contributed by atoms with E-state index in [1.807, 2.05) is 17.0 Å². The smallest absolute Gasteiger partial charge is 0.408 e. The highest BCUT2D eigenvalue weighted by atomic mass is 16.6. The van der Waals surface area contributed by atoms with Gasteiger partial charge in [0.25, 0.3) is 0 Å². The van der Waals surface area contributed by atoms with Crippen molar-refractivity contribution in [3.63, 3.8) is 0 Å². The molecular formula is C18H27N3O3. The molecule has 132 valence electrons. The maximum Gasteiger partial charge on any atom is 0.408 e. The summed E-state index contributed by atoms with van der Waals surface area (Å²) in [6.45, 7) is 6.90. The summed E-state index contributed by atoms with van der Waals surface area (Å²) in [5.74, 6) is -0.0515. The SMILES string of the molecule is CC(C)(C)OC(=O)N[C@@H](Cc1cccnc1)C(=O)N1CCCCC1. The van der Waals surface area contributed by atoms with Crippen molar-refractivity contribution >= 4 is 12.0 Å². The third-order valence-electron chi connectivity index (χ3n) is 3.82. The number of ether oxygens (including phenoxy) is 1. The molecule has 0 spiro atoms. The lowest BCUT2D eigenvalue weighted by atomic mass is 10.0. The summed E-state index contributed by atoms with van der Waals surface area (Å²) < 4.78 is 5.31. The average molecular weight is 333 g/mol. The summed E-state index contributed by atoms with van der Waals surface area (Å²) in [5.41, 5.74) is 0.306. The zero-order chi connectivity index (χ0) is 17.6. The van der Waals surface area contributed by atoms with Gasteiger partial charge in [-0.25, -0.2) is 4.79 Å². The monoisotopic (exact) mass is 333 g/mol. The first-order chi connectivity index (χ1) is 11.3. The van der Waals surface area contributed by atoms with Gasteiger partial charge < -0.3 is 15.0 Å². The van der Waals surface area contributed by atoms with Crippen molar-refractivity contribution in [3.8, 4) is 0 Å². The molecule has 2 amide bonds. The third-order valence-corrected chi connectivity index (χ3v) is 3.82. The van der Waals surface area contributed by atoms with Crippen LogP contribution in [0.25, 0.3) is 0 Å². The Morgan fingerprint density at radius 1 is 1.29 bits per heavy atom. The van der Waals surface area contributed by atoms with Crippen LogP contribution in [0.1, 0.15) is 45.6 Å². The van der Waals surface area contributed by atoms with Crippen LogP contribution in [0.2, 0.25) is 0 Å². The van der Waals surface area contributed by atoms with Crippen molar-refractivity contribution in [2.24, 2.45) is 0 Å². The molecule has 2 heterocycles. The molecule has 1 fully saturated rings. The molecule has 1 aliphatic heterocycles. The topological polar surface area (TPSA) is 71.5 Å². The fourth-order valence-corrected chi connectivity index (χ4v) is 2.74. The lowest BCUT2D eigenvalue weighted by Gasteiger charge is -2.31. The van der Waals surface area contributed by atoms with Gasteiger partial charge in [-0.3, -0.25) is 9.78 Å². The van der Waals surface area contributed by atoms with Crippen molar-refractivity contribution in [2.75, 3.05) is 13.1 Å². The standard InChI is InChI=1S/C18H27N3O3/c1-18(2,3)24-17(23)20-15(12-14-8-7-9-19-13-14)16(22)21-10-5-4-6-11-21/h7-9,13,15H,4-6,10-12H2,1-3H3,(H,20,23)/t15-/m0/s1. The Labute approximate surface area is 143 Å². The number of pyridine rings is 1. The van der Waals surface area contributed by atoms with E-state index in [4.69, 9.17) is 4.74 Å². The van der Waals surface area contributed by atoms with Crippen LogP contribution in [0.5, 0.6) is 0 Å². The molecule has 6 heteroatoms. The van der Waals surface area contributed by atoms with Crippen LogP contribution in [-0.2, 0) is 16.0 Å². The highest BCUT2D eigenvalue weighted by molar-refractivity contribution is 5.86. The van der Waals surface area contributed by atoms with Gasteiger partial charge in [-0.2, -0.15) is 0 Å². The van der Waals surface area contributed by atoms with E-state index in [9.17, 15) is 9.59 Å². The molecule has 1 N–H and O–H groups in total. The van der Waals surface area contributed by atoms with Crippen molar-refractivity contribution in [3.05, 3.63) is 30.1 Å². The maximum atomic E-state index is 12.8. The van der Waals surface area contributed by atoms with Gasteiger partial charge in [-0.05, 0) is 51.7 Å². The Kier molecular flexibility index (Phi) is 6.17. The highest BCUT2D eigenvalue weighted by Gasteiger charge is 2.29. The number of aromatic nitrogens is 1. The van der Waals surface area contributed by atoms with Gasteiger partial charge in [0.05, 0.1) is 0 Å². The zero-order valence-corrected chi connectivity index (χ0v) is 14.7. The van der Waals surface area contributed by atoms with E-state index >= 15 is 0 Å². The number of rotatable bonds is 4. The number of amides is 2. The molecule has 2 rings (SSSR count). The van der Waals surface area contributed by atoms with Gasteiger partial charge in [-0.15, -0.1) is 0 Å². The van der Waals surface area contributed by atoms with E-state index in [0.717, 1.165) is 37.9 Å². The van der Waals surface area contributed by atoms with Gasteiger partial charge in [0.15, 0.2) is 0 Å². The number of likely N-dealkylation sites (tertiary alicyclic amines) is 1. The second-order valence-electron chi connectivity index (χ2n) is 7.15. The van der Waals surface area contributed by atoms with Crippen molar-refractivity contribution in [1.82, 2.24) is 15.2 Å². The largest absolute Gasteiger partial charge is 0.444 e. The van der Waals surface area contributed by atoms with Gasteiger partial charge in [0.1, 0.15) is 11.6 Å². The van der Waals surface area contributed by atoms with E-state index in [-0.39, 0.29) is 5.91 Å². The van der Waals surface area contributed by atoms with Gasteiger partial charge >= 0.3 is 6.09 Å². The number of carbonyl (C=O) groups is 2. The summed E-state index contributed by atoms with van der Waals surface area (Å²) in [7, 11) is 0. The summed E-state index contributed by atoms with van der Waals surface area (Å²) in [4.78, 5) is 30.9. The normalized spacial score (nSPS) is 16.4. The van der Waals surface area contributed by atoms with Gasteiger partial charge in [0.2, 0.25) is 5.91 Å². The van der Waals surface area contributed by atoms with Gasteiger partial charge in [-0.1, -0.05) is 6.07 Å². The maximum absolute atomic E-state index is 12.8. The molecule has 1 aliphatic rings. The van der Waals surface area contributed by atoms with Crippen LogP contribution in [0, 0.1) is 0 Å². The van der Waals surface area contributed by atoms with Crippen molar-refractivity contribution in [2.45, 2.75) is 58.1 Å². The van der Waals surface area contributed by atoms with Crippen LogP contribution in [0.3, 0.4) is 0 Å². The van der Waals surface area contributed by atoms with E-state index in [0.29, 0.717) is 6.42 Å². The molecule has 1 aromatic heterocycles. The quantitative estimate of drug-likeness (QED) is 0.919. The van der Waals surface area contributed by atoms with E-state index < -0.39 is 17.7 Å². The number of nitrogens with zero attached hydrogens (tertiary/aromatic N) is 2. The minimum atomic E-state index is -0.637. The molecule has 0 aliphatic carbocycles. The Morgan fingerprint density at radius 3 is 2.58 bits per heavy atom. The van der Waals surface area contributed by atoms with E-state index in [1.165, 1.54) is 0 Å². The molecule has 6 nitrogen and oxygen atoms in total.